The highest BCUT2D eigenvalue weighted by Crippen LogP contribution is 2.30. The lowest BCUT2D eigenvalue weighted by Gasteiger charge is -2.12. The van der Waals surface area contributed by atoms with E-state index in [1.807, 2.05) is 48.5 Å². The monoisotopic (exact) mass is 495 g/mol. The summed E-state index contributed by atoms with van der Waals surface area (Å²) in [5.41, 5.74) is 3.17. The second-order valence-electron chi connectivity index (χ2n) is 6.86. The van der Waals surface area contributed by atoms with Crippen molar-refractivity contribution in [2.75, 3.05) is 19.5 Å². The van der Waals surface area contributed by atoms with Gasteiger partial charge in [-0.15, -0.1) is 10.2 Å². The van der Waals surface area contributed by atoms with Crippen molar-refractivity contribution in [3.8, 4) is 28.6 Å². The van der Waals surface area contributed by atoms with Gasteiger partial charge in [0.25, 0.3) is 0 Å². The Morgan fingerprint density at radius 2 is 1.71 bits per heavy atom. The number of benzene rings is 3. The van der Waals surface area contributed by atoms with Gasteiger partial charge in [-0.05, 0) is 49.4 Å². The summed E-state index contributed by atoms with van der Waals surface area (Å²) in [4.78, 5) is 0. The van der Waals surface area contributed by atoms with Gasteiger partial charge in [-0.25, -0.2) is 0 Å². The van der Waals surface area contributed by atoms with Crippen LogP contribution < -0.4 is 9.47 Å². The Labute approximate surface area is 194 Å². The van der Waals surface area contributed by atoms with Crippen molar-refractivity contribution < 1.29 is 9.47 Å². The molecule has 0 atom stereocenters. The van der Waals surface area contributed by atoms with E-state index in [0.717, 1.165) is 44.0 Å². The third-order valence-electron chi connectivity index (χ3n) is 4.63. The van der Waals surface area contributed by atoms with Crippen LogP contribution in [-0.2, 0) is 0 Å². The molecule has 1 heterocycles. The summed E-state index contributed by atoms with van der Waals surface area (Å²) in [6.45, 7) is 2.64. The number of rotatable bonds is 8. The fourth-order valence-corrected chi connectivity index (χ4v) is 4.24. The van der Waals surface area contributed by atoms with Crippen molar-refractivity contribution in [3.05, 3.63) is 82.8 Å². The average Bonchev–Trinajstić information content (AvgIpc) is 3.21. The lowest BCUT2D eigenvalue weighted by Crippen LogP contribution is -2.03. The summed E-state index contributed by atoms with van der Waals surface area (Å²) < 4.78 is 14.3. The molecule has 0 aliphatic carbocycles. The molecule has 0 fully saturated rings. The highest BCUT2D eigenvalue weighted by atomic mass is 79.9. The maximum absolute atomic E-state index is 5.87. The zero-order valence-corrected chi connectivity index (χ0v) is 19.7. The largest absolute Gasteiger partial charge is 0.497 e. The molecule has 0 saturated carbocycles. The van der Waals surface area contributed by atoms with E-state index < -0.39 is 0 Å². The molecule has 0 spiro atoms. The molecule has 0 radical (unpaired) electrons. The van der Waals surface area contributed by atoms with Crippen LogP contribution in [0.2, 0.25) is 0 Å². The van der Waals surface area contributed by atoms with Crippen molar-refractivity contribution in [1.29, 1.82) is 0 Å². The van der Waals surface area contributed by atoms with Gasteiger partial charge in [-0.3, -0.25) is 4.57 Å². The number of aryl methyl sites for hydroxylation is 1. The number of aromatic nitrogens is 3. The molecule has 0 amide bonds. The van der Waals surface area contributed by atoms with Gasteiger partial charge in [0, 0.05) is 21.5 Å². The van der Waals surface area contributed by atoms with Crippen LogP contribution in [0.15, 0.2) is 82.4 Å². The Morgan fingerprint density at radius 1 is 0.935 bits per heavy atom. The SMILES string of the molecule is COc1cccc(-c2nnc(SCCOc3cccc(Br)c3)n2-c2ccc(C)cc2)c1. The lowest BCUT2D eigenvalue weighted by atomic mass is 10.2. The Bertz CT molecular complexity index is 1160. The van der Waals surface area contributed by atoms with Crippen LogP contribution in [0.1, 0.15) is 5.56 Å². The third kappa shape index (κ3) is 5.29. The van der Waals surface area contributed by atoms with E-state index >= 15 is 0 Å². The lowest BCUT2D eigenvalue weighted by molar-refractivity contribution is 0.343. The maximum atomic E-state index is 5.87. The van der Waals surface area contributed by atoms with E-state index in [2.05, 4.69) is 61.9 Å². The van der Waals surface area contributed by atoms with E-state index in [4.69, 9.17) is 9.47 Å². The molecule has 158 valence electrons. The topological polar surface area (TPSA) is 49.2 Å². The van der Waals surface area contributed by atoms with E-state index in [9.17, 15) is 0 Å². The number of thioether (sulfide) groups is 1. The minimum absolute atomic E-state index is 0.566. The highest BCUT2D eigenvalue weighted by Gasteiger charge is 2.16. The molecular formula is C24H22BrN3O2S. The van der Waals surface area contributed by atoms with Gasteiger partial charge in [-0.1, -0.05) is 63.6 Å². The van der Waals surface area contributed by atoms with Crippen molar-refractivity contribution in [1.82, 2.24) is 14.8 Å². The average molecular weight is 496 g/mol. The van der Waals surface area contributed by atoms with Crippen molar-refractivity contribution in [2.45, 2.75) is 12.1 Å². The molecule has 0 aliphatic rings. The normalized spacial score (nSPS) is 10.8. The summed E-state index contributed by atoms with van der Waals surface area (Å²) >= 11 is 5.08. The van der Waals surface area contributed by atoms with Gasteiger partial charge >= 0.3 is 0 Å². The summed E-state index contributed by atoms with van der Waals surface area (Å²) in [5.74, 6) is 3.15. The number of nitrogens with zero attached hydrogens (tertiary/aromatic N) is 3. The van der Waals surface area contributed by atoms with Crippen molar-refractivity contribution in [2.24, 2.45) is 0 Å². The van der Waals surface area contributed by atoms with E-state index in [1.54, 1.807) is 18.9 Å². The van der Waals surface area contributed by atoms with Gasteiger partial charge in [0.15, 0.2) is 11.0 Å². The Kier molecular flexibility index (Phi) is 6.94. The third-order valence-corrected chi connectivity index (χ3v) is 6.02. The fraction of sp³-hybridized carbons (Fsp3) is 0.167. The fourth-order valence-electron chi connectivity index (χ4n) is 3.09. The molecule has 0 unspecified atom stereocenters. The molecule has 3 aromatic carbocycles. The summed E-state index contributed by atoms with van der Waals surface area (Å²) in [6, 6.07) is 24.1. The van der Waals surface area contributed by atoms with Crippen LogP contribution in [-0.4, -0.2) is 34.2 Å². The number of hydrogen-bond donors (Lipinski definition) is 0. The van der Waals surface area contributed by atoms with Gasteiger partial charge < -0.3 is 9.47 Å². The minimum Gasteiger partial charge on any atom is -0.497 e. The van der Waals surface area contributed by atoms with E-state index in [0.29, 0.717) is 6.61 Å². The molecule has 31 heavy (non-hydrogen) atoms. The Morgan fingerprint density at radius 3 is 2.48 bits per heavy atom. The zero-order chi connectivity index (χ0) is 21.6. The van der Waals surface area contributed by atoms with Crippen LogP contribution in [0.4, 0.5) is 0 Å². The minimum atomic E-state index is 0.566. The van der Waals surface area contributed by atoms with Crippen LogP contribution >= 0.6 is 27.7 Å². The Balaban J connectivity index is 1.58. The standard InChI is InChI=1S/C24H22BrN3O2S/c1-17-9-11-20(12-10-17)28-23(18-5-3-7-21(15-18)29-2)26-27-24(28)31-14-13-30-22-8-4-6-19(25)16-22/h3-12,15-16H,13-14H2,1-2H3. The molecule has 5 nitrogen and oxygen atoms in total. The first-order chi connectivity index (χ1) is 15.1. The summed E-state index contributed by atoms with van der Waals surface area (Å²) in [6.07, 6.45) is 0. The van der Waals surface area contributed by atoms with Crippen molar-refractivity contribution >= 4 is 27.7 Å². The first kappa shape index (κ1) is 21.5. The first-order valence-corrected chi connectivity index (χ1v) is 11.6. The second-order valence-corrected chi connectivity index (χ2v) is 8.84. The van der Waals surface area contributed by atoms with Crippen molar-refractivity contribution in [3.63, 3.8) is 0 Å². The van der Waals surface area contributed by atoms with Crippen LogP contribution in [0.3, 0.4) is 0 Å². The molecule has 7 heteroatoms. The summed E-state index contributed by atoms with van der Waals surface area (Å²) in [5, 5.41) is 9.80. The number of ether oxygens (including phenoxy) is 2. The van der Waals surface area contributed by atoms with E-state index in [1.165, 1.54) is 5.56 Å². The van der Waals surface area contributed by atoms with Crippen LogP contribution in [0.5, 0.6) is 11.5 Å². The predicted octanol–water partition coefficient (Wildman–Crippen LogP) is 6.18. The highest BCUT2D eigenvalue weighted by molar-refractivity contribution is 9.10. The molecular weight excluding hydrogens is 474 g/mol. The smallest absolute Gasteiger partial charge is 0.196 e. The molecule has 0 N–H and O–H groups in total. The van der Waals surface area contributed by atoms with Gasteiger partial charge in [0.1, 0.15) is 11.5 Å². The van der Waals surface area contributed by atoms with E-state index in [-0.39, 0.29) is 0 Å². The molecule has 0 bridgehead atoms. The van der Waals surface area contributed by atoms with Gasteiger partial charge in [0.05, 0.1) is 13.7 Å². The van der Waals surface area contributed by atoms with Crippen LogP contribution in [0.25, 0.3) is 17.1 Å². The maximum Gasteiger partial charge on any atom is 0.196 e. The second kappa shape index (κ2) is 10.0. The number of halogens is 1. The molecule has 1 aromatic heterocycles. The van der Waals surface area contributed by atoms with Crippen LogP contribution in [0, 0.1) is 6.92 Å². The number of methoxy groups -OCH3 is 1. The molecule has 4 rings (SSSR count). The predicted molar refractivity (Wildman–Crippen MR) is 128 cm³/mol. The first-order valence-electron chi connectivity index (χ1n) is 9.82. The molecule has 0 saturated heterocycles. The number of hydrogen-bond acceptors (Lipinski definition) is 5. The Hall–Kier alpha value is -2.77. The molecule has 4 aromatic rings. The van der Waals surface area contributed by atoms with Gasteiger partial charge in [-0.2, -0.15) is 0 Å². The van der Waals surface area contributed by atoms with Gasteiger partial charge in [0.2, 0.25) is 0 Å². The summed E-state index contributed by atoms with van der Waals surface area (Å²) in [7, 11) is 1.66. The molecule has 0 aliphatic heterocycles. The quantitative estimate of drug-likeness (QED) is 0.215. The zero-order valence-electron chi connectivity index (χ0n) is 17.3.